The first-order valence-corrected chi connectivity index (χ1v) is 7.99. The van der Waals surface area contributed by atoms with Gasteiger partial charge >= 0.3 is 0 Å². The molecule has 0 amide bonds. The molecule has 2 unspecified atom stereocenters. The van der Waals surface area contributed by atoms with Crippen molar-refractivity contribution >= 4 is 0 Å². The standard InChI is InChI=1S/C17H29N3O/c1-6-14-10-20(8-7-15(14)18-4)11-16-13(3)17(21-5)12(2)9-19-16/h9,14-15,18H,6-8,10-11H2,1-5H3. The van der Waals surface area contributed by atoms with Gasteiger partial charge in [-0.15, -0.1) is 0 Å². The van der Waals surface area contributed by atoms with Crippen molar-refractivity contribution in [1.82, 2.24) is 15.2 Å². The van der Waals surface area contributed by atoms with E-state index < -0.39 is 0 Å². The second-order valence-electron chi connectivity index (χ2n) is 6.13. The Labute approximate surface area is 128 Å². The molecule has 1 N–H and O–H groups in total. The van der Waals surface area contributed by atoms with E-state index in [-0.39, 0.29) is 0 Å². The van der Waals surface area contributed by atoms with E-state index in [9.17, 15) is 0 Å². The van der Waals surface area contributed by atoms with E-state index in [0.717, 1.165) is 42.6 Å². The Morgan fingerprint density at radius 2 is 2.19 bits per heavy atom. The molecule has 0 aromatic carbocycles. The third kappa shape index (κ3) is 3.55. The number of pyridine rings is 1. The molecule has 1 aromatic rings. The topological polar surface area (TPSA) is 37.4 Å². The van der Waals surface area contributed by atoms with Crippen molar-refractivity contribution in [1.29, 1.82) is 0 Å². The first-order valence-electron chi connectivity index (χ1n) is 7.99. The maximum absolute atomic E-state index is 5.51. The van der Waals surface area contributed by atoms with Crippen LogP contribution in [-0.2, 0) is 6.54 Å². The molecule has 118 valence electrons. The van der Waals surface area contributed by atoms with E-state index in [0.29, 0.717) is 6.04 Å². The third-order valence-corrected chi connectivity index (χ3v) is 4.84. The monoisotopic (exact) mass is 291 g/mol. The number of ether oxygens (including phenoxy) is 1. The Hall–Kier alpha value is -1.13. The van der Waals surface area contributed by atoms with Crippen LogP contribution in [0.2, 0.25) is 0 Å². The zero-order valence-electron chi connectivity index (χ0n) is 14.1. The molecule has 1 fully saturated rings. The lowest BCUT2D eigenvalue weighted by molar-refractivity contribution is 0.131. The summed E-state index contributed by atoms with van der Waals surface area (Å²) in [5, 5.41) is 3.46. The Morgan fingerprint density at radius 1 is 1.43 bits per heavy atom. The van der Waals surface area contributed by atoms with Crippen LogP contribution in [0.4, 0.5) is 0 Å². The lowest BCUT2D eigenvalue weighted by atomic mass is 9.90. The van der Waals surface area contributed by atoms with Gasteiger partial charge < -0.3 is 10.1 Å². The predicted octanol–water partition coefficient (Wildman–Crippen LogP) is 2.53. The van der Waals surface area contributed by atoms with Gasteiger partial charge in [-0.05, 0) is 33.2 Å². The van der Waals surface area contributed by atoms with Crippen molar-refractivity contribution in [2.45, 2.75) is 46.2 Å². The summed E-state index contributed by atoms with van der Waals surface area (Å²) in [7, 11) is 3.82. The van der Waals surface area contributed by atoms with Crippen molar-refractivity contribution in [3.63, 3.8) is 0 Å². The Morgan fingerprint density at radius 3 is 2.81 bits per heavy atom. The Bertz CT molecular complexity index is 475. The SMILES string of the molecule is CCC1CN(Cc2ncc(C)c(OC)c2C)CCC1NC. The summed E-state index contributed by atoms with van der Waals surface area (Å²) in [4.78, 5) is 7.17. The van der Waals surface area contributed by atoms with E-state index in [4.69, 9.17) is 4.74 Å². The number of nitrogens with one attached hydrogen (secondary N) is 1. The number of aryl methyl sites for hydroxylation is 1. The number of hydrogen-bond donors (Lipinski definition) is 1. The van der Waals surface area contributed by atoms with Gasteiger partial charge in [-0.25, -0.2) is 0 Å². The summed E-state index contributed by atoms with van der Waals surface area (Å²) in [5.74, 6) is 1.72. The molecule has 4 nitrogen and oxygen atoms in total. The molecule has 2 heterocycles. The molecule has 1 aliphatic heterocycles. The molecule has 21 heavy (non-hydrogen) atoms. The summed E-state index contributed by atoms with van der Waals surface area (Å²) >= 11 is 0. The number of piperidine rings is 1. The van der Waals surface area contributed by atoms with E-state index >= 15 is 0 Å². The van der Waals surface area contributed by atoms with Crippen molar-refractivity contribution in [2.75, 3.05) is 27.2 Å². The van der Waals surface area contributed by atoms with Crippen LogP contribution in [0.15, 0.2) is 6.20 Å². The highest BCUT2D eigenvalue weighted by molar-refractivity contribution is 5.41. The summed E-state index contributed by atoms with van der Waals surface area (Å²) < 4.78 is 5.51. The van der Waals surface area contributed by atoms with Crippen LogP contribution in [-0.4, -0.2) is 43.2 Å². The Kier molecular flexibility index (Phi) is 5.59. The van der Waals surface area contributed by atoms with Gasteiger partial charge in [0.05, 0.1) is 12.8 Å². The number of nitrogens with zero attached hydrogens (tertiary/aromatic N) is 2. The van der Waals surface area contributed by atoms with Crippen molar-refractivity contribution in [3.8, 4) is 5.75 Å². The molecule has 0 radical (unpaired) electrons. The second kappa shape index (κ2) is 7.23. The van der Waals surface area contributed by atoms with Crippen LogP contribution >= 0.6 is 0 Å². The highest BCUT2D eigenvalue weighted by Crippen LogP contribution is 2.26. The quantitative estimate of drug-likeness (QED) is 0.904. The minimum Gasteiger partial charge on any atom is -0.496 e. The summed E-state index contributed by atoms with van der Waals surface area (Å²) in [6.07, 6.45) is 4.38. The number of aromatic nitrogens is 1. The molecule has 0 saturated carbocycles. The van der Waals surface area contributed by atoms with Crippen LogP contribution < -0.4 is 10.1 Å². The molecule has 2 rings (SSSR count). The van der Waals surface area contributed by atoms with Gasteiger partial charge in [0.2, 0.25) is 0 Å². The van der Waals surface area contributed by atoms with Crippen molar-refractivity contribution in [2.24, 2.45) is 5.92 Å². The number of likely N-dealkylation sites (tertiary alicyclic amines) is 1. The van der Waals surface area contributed by atoms with Crippen LogP contribution in [0.5, 0.6) is 5.75 Å². The van der Waals surface area contributed by atoms with Gasteiger partial charge in [0, 0.05) is 43.0 Å². The minimum atomic E-state index is 0.660. The molecule has 4 heteroatoms. The smallest absolute Gasteiger partial charge is 0.128 e. The summed E-state index contributed by atoms with van der Waals surface area (Å²) in [6.45, 7) is 9.67. The van der Waals surface area contributed by atoms with Gasteiger partial charge in [0.15, 0.2) is 0 Å². The normalized spacial score (nSPS) is 23.3. The fourth-order valence-electron chi connectivity index (χ4n) is 3.49. The van der Waals surface area contributed by atoms with Crippen LogP contribution in [0.3, 0.4) is 0 Å². The van der Waals surface area contributed by atoms with Crippen molar-refractivity contribution < 1.29 is 4.74 Å². The fraction of sp³-hybridized carbons (Fsp3) is 0.706. The largest absolute Gasteiger partial charge is 0.496 e. The molecule has 0 bridgehead atoms. The summed E-state index contributed by atoms with van der Waals surface area (Å²) in [6, 6.07) is 0.660. The molecule has 1 aliphatic rings. The predicted molar refractivity (Wildman–Crippen MR) is 86.8 cm³/mol. The number of rotatable bonds is 5. The van der Waals surface area contributed by atoms with E-state index in [2.05, 4.69) is 36.1 Å². The average Bonchev–Trinajstić information content (AvgIpc) is 2.50. The van der Waals surface area contributed by atoms with Crippen molar-refractivity contribution in [3.05, 3.63) is 23.0 Å². The van der Waals surface area contributed by atoms with E-state index in [1.54, 1.807) is 7.11 Å². The van der Waals surface area contributed by atoms with Gasteiger partial charge in [-0.3, -0.25) is 9.88 Å². The first kappa shape index (κ1) is 16.2. The lowest BCUT2D eigenvalue weighted by Gasteiger charge is -2.38. The highest BCUT2D eigenvalue weighted by atomic mass is 16.5. The minimum absolute atomic E-state index is 0.660. The molecule has 2 atom stereocenters. The van der Waals surface area contributed by atoms with Crippen LogP contribution in [0.25, 0.3) is 0 Å². The van der Waals surface area contributed by atoms with E-state index in [1.807, 2.05) is 13.1 Å². The Balaban J connectivity index is 2.09. The zero-order chi connectivity index (χ0) is 15.4. The first-order chi connectivity index (χ1) is 10.1. The van der Waals surface area contributed by atoms with Crippen LogP contribution in [0.1, 0.15) is 36.6 Å². The lowest BCUT2D eigenvalue weighted by Crippen LogP contribution is -2.47. The fourth-order valence-corrected chi connectivity index (χ4v) is 3.49. The van der Waals surface area contributed by atoms with Gasteiger partial charge in [-0.1, -0.05) is 13.3 Å². The maximum atomic E-state index is 5.51. The molecule has 0 spiro atoms. The third-order valence-electron chi connectivity index (χ3n) is 4.84. The number of hydrogen-bond acceptors (Lipinski definition) is 4. The van der Waals surface area contributed by atoms with Gasteiger partial charge in [0.25, 0.3) is 0 Å². The maximum Gasteiger partial charge on any atom is 0.128 e. The summed E-state index contributed by atoms with van der Waals surface area (Å²) in [5.41, 5.74) is 3.44. The van der Waals surface area contributed by atoms with E-state index in [1.165, 1.54) is 18.4 Å². The van der Waals surface area contributed by atoms with Gasteiger partial charge in [-0.2, -0.15) is 0 Å². The molecule has 1 saturated heterocycles. The highest BCUT2D eigenvalue weighted by Gasteiger charge is 2.27. The zero-order valence-corrected chi connectivity index (χ0v) is 14.1. The molecule has 0 aliphatic carbocycles. The second-order valence-corrected chi connectivity index (χ2v) is 6.13. The molecular formula is C17H29N3O. The molecular weight excluding hydrogens is 262 g/mol. The average molecular weight is 291 g/mol. The van der Waals surface area contributed by atoms with Crippen LogP contribution in [0, 0.1) is 19.8 Å². The molecule has 1 aromatic heterocycles. The van der Waals surface area contributed by atoms with Gasteiger partial charge in [0.1, 0.15) is 5.75 Å². The number of methoxy groups -OCH3 is 1.